The van der Waals surface area contributed by atoms with Crippen LogP contribution in [0, 0.1) is 6.92 Å². The minimum Gasteiger partial charge on any atom is -0.444 e. The Bertz CT molecular complexity index is 1940. The zero-order valence-corrected chi connectivity index (χ0v) is 24.7. The number of phosphoric acid groups is 1. The third-order valence-electron chi connectivity index (χ3n) is 7.45. The second-order valence-electron chi connectivity index (χ2n) is 10.4. The Morgan fingerprint density at radius 2 is 1.62 bits per heavy atom. The molecule has 10 atom stereocenters. The van der Waals surface area contributed by atoms with E-state index in [1.54, 1.807) is 0 Å². The van der Waals surface area contributed by atoms with Crippen molar-refractivity contribution in [3.63, 3.8) is 0 Å². The van der Waals surface area contributed by atoms with Crippen molar-refractivity contribution in [2.75, 3.05) is 18.9 Å². The van der Waals surface area contributed by atoms with Gasteiger partial charge < -0.3 is 56.5 Å². The highest BCUT2D eigenvalue weighted by Crippen LogP contribution is 2.53. The Labute approximate surface area is 252 Å². The Hall–Kier alpha value is -3.14. The van der Waals surface area contributed by atoms with E-state index in [2.05, 4.69) is 29.9 Å². The molecule has 0 aromatic carbocycles. The van der Waals surface area contributed by atoms with Gasteiger partial charge in [-0.3, -0.25) is 23.0 Å². The number of aryl methyl sites for hydroxylation is 1. The molecule has 6 N–H and O–H groups in total. The molecule has 0 spiro atoms. The van der Waals surface area contributed by atoms with E-state index in [0.717, 1.165) is 0 Å². The molecule has 21 nitrogen and oxygen atoms in total. The molecule has 3 radical (unpaired) electrons. The van der Waals surface area contributed by atoms with E-state index in [0.29, 0.717) is 0 Å². The van der Waals surface area contributed by atoms with Gasteiger partial charge in [0.25, 0.3) is 5.56 Å². The molecule has 3 aliphatic heterocycles. The fourth-order valence-electron chi connectivity index (χ4n) is 5.41. The van der Waals surface area contributed by atoms with Crippen molar-refractivity contribution in [1.82, 2.24) is 39.0 Å². The van der Waals surface area contributed by atoms with Gasteiger partial charge in [-0.2, -0.15) is 0 Å². The van der Waals surface area contributed by atoms with Gasteiger partial charge in [-0.25, -0.2) is 29.5 Å². The summed E-state index contributed by atoms with van der Waals surface area (Å²) in [5.74, 6) is 0.298. The normalized spacial score (nSPS) is 37.7. The van der Waals surface area contributed by atoms with E-state index in [1.807, 2.05) is 0 Å². The number of H-pyrrole nitrogens is 1. The lowest BCUT2D eigenvalue weighted by Gasteiger charge is -2.34. The van der Waals surface area contributed by atoms with Crippen LogP contribution in [0.4, 0.5) is 5.82 Å². The second-order valence-corrected chi connectivity index (χ2v) is 13.4. The molecule has 7 heterocycles. The summed E-state index contributed by atoms with van der Waals surface area (Å²) in [6.07, 6.45) is -8.30. The zero-order valence-electron chi connectivity index (χ0n) is 23.0. The first kappa shape index (κ1) is 30.5. The van der Waals surface area contributed by atoms with Crippen molar-refractivity contribution >= 4 is 51.0 Å². The zero-order chi connectivity index (χ0) is 31.8. The molecule has 4 aromatic rings. The summed E-state index contributed by atoms with van der Waals surface area (Å²) in [6, 6.07) is 0. The second kappa shape index (κ2) is 11.0. The summed E-state index contributed by atoms with van der Waals surface area (Å²) in [4.78, 5) is 45.9. The molecule has 3 fully saturated rings. The molecule has 4 aromatic heterocycles. The summed E-state index contributed by atoms with van der Waals surface area (Å²) in [5, 5.41) is 22.2. The number of rotatable bonds is 2. The van der Waals surface area contributed by atoms with Crippen LogP contribution < -0.4 is 11.3 Å². The molecular formula is C21H24BN9O12P2-. The number of ether oxygens (including phenoxy) is 2. The standard InChI is InChI=1S/C21H24BN9O12P2/c1-7-28-18-11(19(34)29-7)27-6-31(18)21-15-12(32)8(40-21)2-39-45(36,37)43-14-9(3-38-44(22,35)42-15)41-20(13(14)33)30-5-26-10-16(23)24-4-25-17(10)30/h4-6,8-9,12-15,20-21,32-33H,2-3H2,1H3,(H,36,37)(H2,23,24,25)(H,28,29,34)/q-1/t8-,9-,12?,13?,14+,15+,20-,21-,44?/m1/s1. The number of hydrogen-bond acceptors (Lipinski definition) is 17. The summed E-state index contributed by atoms with van der Waals surface area (Å²) >= 11 is 0. The lowest BCUT2D eigenvalue weighted by molar-refractivity contribution is -0.0621. The Balaban J connectivity index is 1.21. The maximum absolute atomic E-state index is 13.4. The average molecular weight is 667 g/mol. The number of nitrogens with one attached hydrogen (secondary N) is 1. The van der Waals surface area contributed by atoms with E-state index in [1.165, 1.54) is 35.0 Å². The average Bonchev–Trinajstić information content (AvgIpc) is 3.72. The van der Waals surface area contributed by atoms with Crippen LogP contribution in [-0.4, -0.2) is 112 Å². The lowest BCUT2D eigenvalue weighted by Crippen LogP contribution is -2.36. The van der Waals surface area contributed by atoms with Gasteiger partial charge in [0.2, 0.25) is 0 Å². The van der Waals surface area contributed by atoms with Crippen LogP contribution >= 0.6 is 15.3 Å². The highest BCUT2D eigenvalue weighted by Gasteiger charge is 2.52. The highest BCUT2D eigenvalue weighted by molar-refractivity contribution is 7.79. The minimum absolute atomic E-state index is 0.0370. The largest absolute Gasteiger partial charge is 0.472 e. The molecule has 3 saturated heterocycles. The number of aliphatic hydroxyl groups excluding tert-OH is 2. The maximum Gasteiger partial charge on any atom is 0.472 e. The summed E-state index contributed by atoms with van der Waals surface area (Å²) in [5.41, 5.74) is 5.65. The number of aliphatic hydroxyl groups is 2. The number of nitrogens with zero attached hydrogens (tertiary/aromatic N) is 7. The van der Waals surface area contributed by atoms with Gasteiger partial charge in [0.1, 0.15) is 54.3 Å². The molecule has 7 rings (SSSR count). The van der Waals surface area contributed by atoms with Crippen LogP contribution in [-0.2, 0) is 36.7 Å². The molecule has 0 aliphatic carbocycles. The Morgan fingerprint density at radius 1 is 0.933 bits per heavy atom. The molecule has 0 saturated carbocycles. The topological polar surface area (TPSA) is 283 Å². The molecule has 4 unspecified atom stereocenters. The smallest absolute Gasteiger partial charge is 0.444 e. The van der Waals surface area contributed by atoms with E-state index in [9.17, 15) is 29.0 Å². The quantitative estimate of drug-likeness (QED) is 0.121. The molecular weight excluding hydrogens is 643 g/mol. The minimum atomic E-state index is -5.02. The Kier molecular flexibility index (Phi) is 7.45. The number of hydrogen-bond donors (Lipinski definition) is 5. The molecule has 45 heavy (non-hydrogen) atoms. The van der Waals surface area contributed by atoms with Crippen molar-refractivity contribution in [2.24, 2.45) is 0 Å². The summed E-state index contributed by atoms with van der Waals surface area (Å²) < 4.78 is 62.3. The summed E-state index contributed by atoms with van der Waals surface area (Å²) in [6.45, 7) is 0.0864. The predicted molar refractivity (Wildman–Crippen MR) is 147 cm³/mol. The number of aromatic amines is 1. The van der Waals surface area contributed by atoms with Gasteiger partial charge in [-0.15, -0.1) is 0 Å². The third-order valence-corrected chi connectivity index (χ3v) is 9.48. The Morgan fingerprint density at radius 3 is 2.40 bits per heavy atom. The molecule has 3 aliphatic rings. The number of aromatic nitrogens is 8. The lowest BCUT2D eigenvalue weighted by atomic mass is 10.1. The van der Waals surface area contributed by atoms with Gasteiger partial charge in [-0.05, 0) is 6.92 Å². The van der Waals surface area contributed by atoms with Crippen molar-refractivity contribution in [1.29, 1.82) is 0 Å². The van der Waals surface area contributed by atoms with Gasteiger partial charge >= 0.3 is 7.82 Å². The van der Waals surface area contributed by atoms with Gasteiger partial charge in [0, 0.05) is 0 Å². The molecule has 24 heteroatoms. The van der Waals surface area contributed by atoms with Crippen molar-refractivity contribution in [2.45, 2.75) is 56.0 Å². The van der Waals surface area contributed by atoms with Crippen LogP contribution in [0.2, 0.25) is 0 Å². The van der Waals surface area contributed by atoms with Crippen LogP contribution in [0.5, 0.6) is 0 Å². The van der Waals surface area contributed by atoms with Crippen molar-refractivity contribution in [3.8, 4) is 0 Å². The van der Waals surface area contributed by atoms with Crippen molar-refractivity contribution in [3.05, 3.63) is 35.2 Å². The van der Waals surface area contributed by atoms with Crippen LogP contribution in [0.3, 0.4) is 0 Å². The van der Waals surface area contributed by atoms with Crippen LogP contribution in [0.25, 0.3) is 22.3 Å². The highest BCUT2D eigenvalue weighted by atomic mass is 31.2. The first-order valence-electron chi connectivity index (χ1n) is 13.2. The molecule has 239 valence electrons. The van der Waals surface area contributed by atoms with E-state index in [4.69, 9.17) is 40.9 Å². The van der Waals surface area contributed by atoms with Gasteiger partial charge in [0.05, 0.1) is 33.3 Å². The first-order valence-corrected chi connectivity index (χ1v) is 16.3. The first-order chi connectivity index (χ1) is 21.3. The molecule has 2 bridgehead atoms. The fraction of sp³-hybridized carbons (Fsp3) is 0.524. The number of anilines is 1. The summed E-state index contributed by atoms with van der Waals surface area (Å²) in [7, 11) is -3.69. The monoisotopic (exact) mass is 667 g/mol. The van der Waals surface area contributed by atoms with Gasteiger partial charge in [-0.1, -0.05) is 0 Å². The van der Waals surface area contributed by atoms with Gasteiger partial charge in [0.15, 0.2) is 35.1 Å². The van der Waals surface area contributed by atoms with E-state index >= 15 is 0 Å². The maximum atomic E-state index is 13.4. The third kappa shape index (κ3) is 5.41. The number of nitrogens with two attached hydrogens (primary N) is 1. The van der Waals surface area contributed by atoms with Crippen molar-refractivity contribution < 1.29 is 51.8 Å². The number of imidazole rings is 2. The van der Waals surface area contributed by atoms with E-state index in [-0.39, 0.29) is 34.0 Å². The predicted octanol–water partition coefficient (Wildman–Crippen LogP) is -1.44. The number of nitrogen functional groups attached to an aromatic ring is 1. The molecule has 0 amide bonds. The van der Waals surface area contributed by atoms with Crippen LogP contribution in [0.15, 0.2) is 23.8 Å². The van der Waals surface area contributed by atoms with Crippen LogP contribution in [0.1, 0.15) is 18.3 Å². The fourth-order valence-corrected chi connectivity index (χ4v) is 7.36. The number of fused-ring (bicyclic) bond motifs is 5. The number of phosphoric ester groups is 1. The SMILES string of the molecule is [B-]P1(=O)OC[C@H]2O[C@@H](n3cnc4c(N)ncnc43)C(O)[C@H]2OP(=O)(O)OC[C@H]2O[C@@H](n3cnc4c(=O)[nH]c(C)nc43)[C@@H](O1)C2O. The van der Waals surface area contributed by atoms with E-state index < -0.39 is 83.1 Å².